The summed E-state index contributed by atoms with van der Waals surface area (Å²) in [4.78, 5) is 25.6. The van der Waals surface area contributed by atoms with Gasteiger partial charge in [0, 0.05) is 24.1 Å². The highest BCUT2D eigenvalue weighted by Crippen LogP contribution is 2.19. The van der Waals surface area contributed by atoms with Gasteiger partial charge >= 0.3 is 0 Å². The number of unbranched alkanes of at least 4 members (excludes halogenated alkanes) is 1. The topological polar surface area (TPSA) is 76.3 Å². The summed E-state index contributed by atoms with van der Waals surface area (Å²) in [5, 5.41) is 9.79. The number of amides is 1. The zero-order valence-electron chi connectivity index (χ0n) is 16.5. The number of benzene rings is 2. The molecule has 6 nitrogen and oxygen atoms in total. The Morgan fingerprint density at radius 3 is 2.59 bits per heavy atom. The van der Waals surface area contributed by atoms with Crippen LogP contribution in [0.3, 0.4) is 0 Å². The highest BCUT2D eigenvalue weighted by Gasteiger charge is 2.18. The maximum atomic E-state index is 12.9. The van der Waals surface area contributed by atoms with E-state index in [9.17, 15) is 9.59 Å². The minimum Gasteiger partial charge on any atom is -0.267 e. The van der Waals surface area contributed by atoms with E-state index >= 15 is 0 Å². The Balaban J connectivity index is 1.62. The lowest BCUT2D eigenvalue weighted by atomic mass is 9.90. The van der Waals surface area contributed by atoms with Gasteiger partial charge in [-0.2, -0.15) is 10.2 Å². The molecular weight excluding hydrogens is 364 g/mol. The average Bonchev–Trinajstić information content (AvgIpc) is 2.77. The van der Waals surface area contributed by atoms with Gasteiger partial charge in [0.25, 0.3) is 11.5 Å². The quantitative estimate of drug-likeness (QED) is 0.680. The van der Waals surface area contributed by atoms with E-state index in [1.165, 1.54) is 15.8 Å². The first kappa shape index (κ1) is 19.1. The Bertz CT molecular complexity index is 1150. The fourth-order valence-corrected chi connectivity index (χ4v) is 3.70. The second-order valence-corrected chi connectivity index (χ2v) is 7.34. The summed E-state index contributed by atoms with van der Waals surface area (Å²) in [6, 6.07) is 15.4. The zero-order chi connectivity index (χ0) is 20.2. The van der Waals surface area contributed by atoms with Crippen LogP contribution in [0.2, 0.25) is 0 Å². The number of nitrogens with one attached hydrogen (secondary N) is 1. The summed E-state index contributed by atoms with van der Waals surface area (Å²) < 4.78 is 1.39. The van der Waals surface area contributed by atoms with Crippen LogP contribution in [0.5, 0.6) is 0 Å². The van der Waals surface area contributed by atoms with Crippen LogP contribution in [0.1, 0.15) is 47.8 Å². The summed E-state index contributed by atoms with van der Waals surface area (Å²) in [5.41, 5.74) is 6.27. The molecule has 0 aliphatic heterocycles. The molecule has 1 N–H and O–H groups in total. The Morgan fingerprint density at radius 1 is 1.07 bits per heavy atom. The van der Waals surface area contributed by atoms with Crippen molar-refractivity contribution in [3.8, 4) is 0 Å². The van der Waals surface area contributed by atoms with E-state index in [0.717, 1.165) is 37.8 Å². The predicted octanol–water partition coefficient (Wildman–Crippen LogP) is 3.47. The molecule has 0 radical (unpaired) electrons. The molecule has 1 amide bonds. The first-order chi connectivity index (χ1) is 14.2. The molecule has 0 bridgehead atoms. The smallest absolute Gasteiger partial charge is 0.267 e. The number of hydrogen-bond donors (Lipinski definition) is 1. The SMILES string of the molecule is CCCCn1nc(C(=O)N/N=C2/CCc3ccccc3C2)c2ccccc2c1=O. The number of hydrazone groups is 1. The molecular formula is C23H24N4O2. The summed E-state index contributed by atoms with van der Waals surface area (Å²) in [5.74, 6) is -0.391. The van der Waals surface area contributed by atoms with Gasteiger partial charge in [0.15, 0.2) is 5.69 Å². The van der Waals surface area contributed by atoms with Gasteiger partial charge in [-0.15, -0.1) is 0 Å². The molecule has 0 saturated heterocycles. The lowest BCUT2D eigenvalue weighted by Crippen LogP contribution is -2.30. The monoisotopic (exact) mass is 388 g/mol. The van der Waals surface area contributed by atoms with Crippen molar-refractivity contribution in [1.82, 2.24) is 15.2 Å². The molecule has 0 atom stereocenters. The van der Waals surface area contributed by atoms with E-state index in [2.05, 4.69) is 34.7 Å². The van der Waals surface area contributed by atoms with Gasteiger partial charge in [-0.3, -0.25) is 9.59 Å². The fraction of sp³-hybridized carbons (Fsp3) is 0.304. The molecule has 1 aliphatic carbocycles. The molecule has 1 heterocycles. The molecule has 3 aromatic rings. The number of carbonyl (C=O) groups excluding carboxylic acids is 1. The van der Waals surface area contributed by atoms with Gasteiger partial charge in [-0.25, -0.2) is 10.1 Å². The lowest BCUT2D eigenvalue weighted by Gasteiger charge is -2.17. The molecule has 29 heavy (non-hydrogen) atoms. The van der Waals surface area contributed by atoms with Crippen LogP contribution in [0, 0.1) is 0 Å². The Kier molecular flexibility index (Phi) is 5.51. The number of nitrogens with zero attached hydrogens (tertiary/aromatic N) is 3. The van der Waals surface area contributed by atoms with Crippen LogP contribution in [0.25, 0.3) is 10.8 Å². The van der Waals surface area contributed by atoms with Crippen molar-refractivity contribution in [1.29, 1.82) is 0 Å². The number of aryl methyl sites for hydroxylation is 2. The molecule has 2 aromatic carbocycles. The van der Waals surface area contributed by atoms with Gasteiger partial charge in [0.05, 0.1) is 5.39 Å². The Morgan fingerprint density at radius 2 is 1.79 bits per heavy atom. The fourth-order valence-electron chi connectivity index (χ4n) is 3.70. The number of fused-ring (bicyclic) bond motifs is 2. The first-order valence-corrected chi connectivity index (χ1v) is 10.1. The van der Waals surface area contributed by atoms with Gasteiger partial charge in [0.2, 0.25) is 0 Å². The lowest BCUT2D eigenvalue weighted by molar-refractivity contribution is 0.0949. The molecule has 0 spiro atoms. The highest BCUT2D eigenvalue weighted by atomic mass is 16.2. The van der Waals surface area contributed by atoms with Crippen molar-refractivity contribution in [3.63, 3.8) is 0 Å². The molecule has 0 saturated carbocycles. The number of carbonyl (C=O) groups is 1. The van der Waals surface area contributed by atoms with Crippen molar-refractivity contribution in [2.75, 3.05) is 0 Å². The third-order valence-electron chi connectivity index (χ3n) is 5.32. The van der Waals surface area contributed by atoms with Gasteiger partial charge < -0.3 is 0 Å². The Labute approximate surface area is 169 Å². The van der Waals surface area contributed by atoms with Gasteiger partial charge in [-0.1, -0.05) is 55.8 Å². The minimum absolute atomic E-state index is 0.166. The number of hydrogen-bond acceptors (Lipinski definition) is 4. The largest absolute Gasteiger partial charge is 0.292 e. The van der Waals surface area contributed by atoms with Crippen molar-refractivity contribution >= 4 is 22.4 Å². The maximum absolute atomic E-state index is 12.9. The molecule has 6 heteroatoms. The minimum atomic E-state index is -0.391. The molecule has 148 valence electrons. The van der Waals surface area contributed by atoms with E-state index in [1.807, 2.05) is 12.1 Å². The van der Waals surface area contributed by atoms with Crippen LogP contribution in [-0.2, 0) is 19.4 Å². The molecule has 4 rings (SSSR count). The summed E-state index contributed by atoms with van der Waals surface area (Å²) in [6.07, 6.45) is 4.25. The molecule has 0 unspecified atom stereocenters. The van der Waals surface area contributed by atoms with E-state index in [1.54, 1.807) is 24.3 Å². The first-order valence-electron chi connectivity index (χ1n) is 10.1. The van der Waals surface area contributed by atoms with E-state index in [0.29, 0.717) is 17.3 Å². The standard InChI is InChI=1S/C23H24N4O2/c1-2-3-14-27-23(29)20-11-7-6-10-19(20)21(26-27)22(28)25-24-18-13-12-16-8-4-5-9-17(16)15-18/h4-11H,2-3,12-15H2,1H3,(H,25,28)/b24-18-. The molecule has 0 fully saturated rings. The summed E-state index contributed by atoms with van der Waals surface area (Å²) in [6.45, 7) is 2.55. The summed E-state index contributed by atoms with van der Waals surface area (Å²) >= 11 is 0. The van der Waals surface area contributed by atoms with E-state index in [-0.39, 0.29) is 11.3 Å². The molecule has 1 aromatic heterocycles. The summed E-state index contributed by atoms with van der Waals surface area (Å²) in [7, 11) is 0. The van der Waals surface area contributed by atoms with Crippen LogP contribution in [0.4, 0.5) is 0 Å². The number of aromatic nitrogens is 2. The predicted molar refractivity (Wildman–Crippen MR) is 114 cm³/mol. The van der Waals surface area contributed by atoms with Crippen LogP contribution >= 0.6 is 0 Å². The van der Waals surface area contributed by atoms with Crippen molar-refractivity contribution < 1.29 is 4.79 Å². The zero-order valence-corrected chi connectivity index (χ0v) is 16.5. The normalized spacial score (nSPS) is 14.7. The third kappa shape index (κ3) is 3.97. The van der Waals surface area contributed by atoms with Crippen LogP contribution in [0.15, 0.2) is 58.4 Å². The van der Waals surface area contributed by atoms with Crippen molar-refractivity contribution in [2.24, 2.45) is 5.10 Å². The van der Waals surface area contributed by atoms with Gasteiger partial charge in [-0.05, 0) is 36.5 Å². The highest BCUT2D eigenvalue weighted by molar-refractivity contribution is 6.05. The maximum Gasteiger partial charge on any atom is 0.292 e. The van der Waals surface area contributed by atoms with Crippen LogP contribution < -0.4 is 11.0 Å². The Hall–Kier alpha value is -3.28. The van der Waals surface area contributed by atoms with Crippen molar-refractivity contribution in [2.45, 2.75) is 45.6 Å². The van der Waals surface area contributed by atoms with E-state index in [4.69, 9.17) is 0 Å². The third-order valence-corrected chi connectivity index (χ3v) is 5.32. The van der Waals surface area contributed by atoms with Crippen molar-refractivity contribution in [3.05, 3.63) is 75.7 Å². The van der Waals surface area contributed by atoms with Gasteiger partial charge in [0.1, 0.15) is 0 Å². The molecule has 1 aliphatic rings. The second-order valence-electron chi connectivity index (χ2n) is 7.34. The average molecular weight is 388 g/mol. The van der Waals surface area contributed by atoms with Crippen LogP contribution in [-0.4, -0.2) is 21.4 Å². The second kappa shape index (κ2) is 8.39. The van der Waals surface area contributed by atoms with E-state index < -0.39 is 5.91 Å². The number of rotatable bonds is 5.